The van der Waals surface area contributed by atoms with E-state index in [4.69, 9.17) is 4.74 Å². The van der Waals surface area contributed by atoms with Crippen LogP contribution in [-0.4, -0.2) is 62.1 Å². The molecule has 1 N–H and O–H groups in total. The molecule has 3 rings (SSSR count). The lowest BCUT2D eigenvalue weighted by atomic mass is 9.95. The number of ether oxygens (including phenoxy) is 1. The number of carbonyl (C=O) groups excluding carboxylic acids is 1. The van der Waals surface area contributed by atoms with E-state index < -0.39 is 0 Å². The number of amides is 1. The zero-order valence-corrected chi connectivity index (χ0v) is 17.9. The third-order valence-corrected chi connectivity index (χ3v) is 5.67. The predicted octanol–water partition coefficient (Wildman–Crippen LogP) is 3.56. The number of benzene rings is 2. The molecule has 1 heterocycles. The number of hydrogen-bond donors (Lipinski definition) is 1. The fourth-order valence-electron chi connectivity index (χ4n) is 4.05. The van der Waals surface area contributed by atoms with Gasteiger partial charge in [-0.25, -0.2) is 0 Å². The first-order valence-corrected chi connectivity index (χ1v) is 10.7. The molecule has 0 aromatic heterocycles. The summed E-state index contributed by atoms with van der Waals surface area (Å²) in [5.41, 5.74) is 3.17. The van der Waals surface area contributed by atoms with Crippen LogP contribution < -0.4 is 10.1 Å². The van der Waals surface area contributed by atoms with Gasteiger partial charge in [-0.3, -0.25) is 9.69 Å². The van der Waals surface area contributed by atoms with Crippen LogP contribution in [0.15, 0.2) is 48.5 Å². The first-order chi connectivity index (χ1) is 14.2. The summed E-state index contributed by atoms with van der Waals surface area (Å²) in [4.78, 5) is 17.1. The first-order valence-electron chi connectivity index (χ1n) is 10.7. The van der Waals surface area contributed by atoms with Crippen LogP contribution in [0.3, 0.4) is 0 Å². The fraction of sp³-hybridized carbons (Fsp3) is 0.458. The summed E-state index contributed by atoms with van der Waals surface area (Å²) in [6.45, 7) is 9.55. The van der Waals surface area contributed by atoms with Gasteiger partial charge in [-0.1, -0.05) is 24.3 Å². The lowest BCUT2D eigenvalue weighted by Crippen LogP contribution is -2.33. The molecule has 0 radical (unpaired) electrons. The van der Waals surface area contributed by atoms with E-state index in [-0.39, 0.29) is 11.9 Å². The minimum Gasteiger partial charge on any atom is -0.497 e. The van der Waals surface area contributed by atoms with Crippen molar-refractivity contribution in [2.75, 3.05) is 46.4 Å². The number of hydrogen-bond acceptors (Lipinski definition) is 4. The van der Waals surface area contributed by atoms with Crippen LogP contribution in [0, 0.1) is 0 Å². The quantitative estimate of drug-likeness (QED) is 0.779. The maximum Gasteiger partial charge on any atom is 0.253 e. The summed E-state index contributed by atoms with van der Waals surface area (Å²) >= 11 is 0. The van der Waals surface area contributed by atoms with E-state index in [0.717, 1.165) is 57.0 Å². The van der Waals surface area contributed by atoms with Crippen molar-refractivity contribution in [3.05, 3.63) is 65.2 Å². The van der Waals surface area contributed by atoms with Crippen molar-refractivity contribution in [2.24, 2.45) is 0 Å². The van der Waals surface area contributed by atoms with Gasteiger partial charge in [0, 0.05) is 38.3 Å². The highest BCUT2D eigenvalue weighted by Gasteiger charge is 2.24. The molecule has 2 aromatic carbocycles. The van der Waals surface area contributed by atoms with Gasteiger partial charge in [0.05, 0.1) is 13.2 Å². The van der Waals surface area contributed by atoms with Gasteiger partial charge in [0.25, 0.3) is 5.91 Å². The maximum atomic E-state index is 12.7. The molecule has 0 bridgehead atoms. The summed E-state index contributed by atoms with van der Waals surface area (Å²) in [5.74, 6) is 0.965. The first kappa shape index (κ1) is 21.3. The minimum absolute atomic E-state index is 0.0958. The van der Waals surface area contributed by atoms with Gasteiger partial charge in [0.1, 0.15) is 5.75 Å². The van der Waals surface area contributed by atoms with E-state index in [1.165, 1.54) is 11.1 Å². The van der Waals surface area contributed by atoms with Crippen LogP contribution in [-0.2, 0) is 0 Å². The van der Waals surface area contributed by atoms with Crippen molar-refractivity contribution in [3.63, 3.8) is 0 Å². The molecule has 5 nitrogen and oxygen atoms in total. The van der Waals surface area contributed by atoms with E-state index in [1.807, 2.05) is 36.9 Å². The summed E-state index contributed by atoms with van der Waals surface area (Å²) < 4.78 is 5.47. The van der Waals surface area contributed by atoms with E-state index in [1.54, 1.807) is 7.11 Å². The van der Waals surface area contributed by atoms with Gasteiger partial charge in [-0.05, 0) is 62.2 Å². The summed E-state index contributed by atoms with van der Waals surface area (Å²) in [5, 5.41) is 3.49. The van der Waals surface area contributed by atoms with E-state index in [0.29, 0.717) is 0 Å². The molecule has 0 spiro atoms. The SMILES string of the molecule is CCN(CC)C(=O)c1ccc(C(c2cccc(OC)c2)N2CCCNCC2)cc1. The van der Waals surface area contributed by atoms with Crippen LogP contribution in [0.25, 0.3) is 0 Å². The Balaban J connectivity index is 1.94. The molecule has 1 amide bonds. The van der Waals surface area contributed by atoms with Crippen LogP contribution in [0.2, 0.25) is 0 Å². The molecule has 1 atom stereocenters. The number of rotatable bonds is 7. The van der Waals surface area contributed by atoms with Gasteiger partial charge >= 0.3 is 0 Å². The number of nitrogens with one attached hydrogen (secondary N) is 1. The Kier molecular flexibility index (Phi) is 7.67. The summed E-state index contributed by atoms with van der Waals surface area (Å²) in [7, 11) is 1.71. The molecule has 156 valence electrons. The third-order valence-electron chi connectivity index (χ3n) is 5.67. The topological polar surface area (TPSA) is 44.8 Å². The monoisotopic (exact) mass is 395 g/mol. The van der Waals surface area contributed by atoms with Gasteiger partial charge in [-0.15, -0.1) is 0 Å². The average Bonchev–Trinajstić information content (AvgIpc) is 3.05. The lowest BCUT2D eigenvalue weighted by Gasteiger charge is -2.31. The lowest BCUT2D eigenvalue weighted by molar-refractivity contribution is 0.0773. The third kappa shape index (κ3) is 5.17. The van der Waals surface area contributed by atoms with Crippen molar-refractivity contribution in [3.8, 4) is 5.75 Å². The summed E-state index contributed by atoms with van der Waals surface area (Å²) in [6.07, 6.45) is 1.12. The van der Waals surface area contributed by atoms with Crippen LogP contribution in [0.5, 0.6) is 5.75 Å². The van der Waals surface area contributed by atoms with Crippen molar-refractivity contribution in [1.29, 1.82) is 0 Å². The number of carbonyl (C=O) groups is 1. The van der Waals surface area contributed by atoms with Gasteiger partial charge in [0.2, 0.25) is 0 Å². The molecule has 2 aromatic rings. The van der Waals surface area contributed by atoms with Crippen molar-refractivity contribution in [1.82, 2.24) is 15.1 Å². The summed E-state index contributed by atoms with van der Waals surface area (Å²) in [6, 6.07) is 16.6. The van der Waals surface area contributed by atoms with E-state index in [2.05, 4.69) is 40.5 Å². The van der Waals surface area contributed by atoms with Crippen molar-refractivity contribution in [2.45, 2.75) is 26.3 Å². The normalized spacial score (nSPS) is 16.1. The Hall–Kier alpha value is -2.37. The largest absolute Gasteiger partial charge is 0.497 e. The zero-order valence-electron chi connectivity index (χ0n) is 17.9. The number of methoxy groups -OCH3 is 1. The van der Waals surface area contributed by atoms with Crippen LogP contribution >= 0.6 is 0 Å². The zero-order chi connectivity index (χ0) is 20.6. The van der Waals surface area contributed by atoms with E-state index in [9.17, 15) is 4.79 Å². The highest BCUT2D eigenvalue weighted by molar-refractivity contribution is 5.94. The van der Waals surface area contributed by atoms with Crippen LogP contribution in [0.1, 0.15) is 47.8 Å². The molecule has 1 fully saturated rings. The molecule has 0 saturated carbocycles. The molecule has 1 aliphatic heterocycles. The molecule has 29 heavy (non-hydrogen) atoms. The molecule has 5 heteroatoms. The second-order valence-electron chi connectivity index (χ2n) is 7.42. The Morgan fingerprint density at radius 1 is 1.07 bits per heavy atom. The molecule has 1 aliphatic rings. The molecule has 0 aliphatic carbocycles. The second-order valence-corrected chi connectivity index (χ2v) is 7.42. The second kappa shape index (κ2) is 10.4. The highest BCUT2D eigenvalue weighted by Crippen LogP contribution is 2.31. The molecular weight excluding hydrogens is 362 g/mol. The smallest absolute Gasteiger partial charge is 0.253 e. The van der Waals surface area contributed by atoms with Crippen molar-refractivity contribution >= 4 is 5.91 Å². The standard InChI is InChI=1S/C24H33N3O2/c1-4-26(5-2)24(28)20-12-10-19(11-13-20)23(27-16-7-14-25-15-17-27)21-8-6-9-22(18-21)29-3/h6,8-13,18,23,25H,4-5,7,14-17H2,1-3H3. The highest BCUT2D eigenvalue weighted by atomic mass is 16.5. The minimum atomic E-state index is 0.0958. The number of nitrogens with zero attached hydrogens (tertiary/aromatic N) is 2. The van der Waals surface area contributed by atoms with Crippen LogP contribution in [0.4, 0.5) is 0 Å². The van der Waals surface area contributed by atoms with Crippen molar-refractivity contribution < 1.29 is 9.53 Å². The maximum absolute atomic E-state index is 12.7. The van der Waals surface area contributed by atoms with E-state index >= 15 is 0 Å². The Morgan fingerprint density at radius 3 is 2.52 bits per heavy atom. The molecular formula is C24H33N3O2. The van der Waals surface area contributed by atoms with Gasteiger partial charge in [0.15, 0.2) is 0 Å². The Labute approximate surface area is 174 Å². The van der Waals surface area contributed by atoms with Gasteiger partial charge < -0.3 is 15.0 Å². The Bertz CT molecular complexity index is 779. The fourth-order valence-corrected chi connectivity index (χ4v) is 4.05. The Morgan fingerprint density at radius 2 is 1.83 bits per heavy atom. The molecule has 1 saturated heterocycles. The molecule has 1 unspecified atom stereocenters. The average molecular weight is 396 g/mol. The predicted molar refractivity (Wildman–Crippen MR) is 118 cm³/mol. The van der Waals surface area contributed by atoms with Gasteiger partial charge in [-0.2, -0.15) is 0 Å².